The van der Waals surface area contributed by atoms with Crippen LogP contribution in [0, 0.1) is 12.8 Å². The predicted molar refractivity (Wildman–Crippen MR) is 64.5 cm³/mol. The summed E-state index contributed by atoms with van der Waals surface area (Å²) in [5, 5.41) is 0. The van der Waals surface area contributed by atoms with Gasteiger partial charge >= 0.3 is 0 Å². The van der Waals surface area contributed by atoms with Crippen LogP contribution in [0.3, 0.4) is 0 Å². The Morgan fingerprint density at radius 3 is 2.94 bits per heavy atom. The molecule has 0 radical (unpaired) electrons. The van der Waals surface area contributed by atoms with Crippen molar-refractivity contribution < 1.29 is 0 Å². The summed E-state index contributed by atoms with van der Waals surface area (Å²) >= 11 is 0. The van der Waals surface area contributed by atoms with Gasteiger partial charge < -0.3 is 9.88 Å². The van der Waals surface area contributed by atoms with E-state index in [2.05, 4.69) is 21.8 Å². The van der Waals surface area contributed by atoms with E-state index in [1.165, 1.54) is 56.8 Å². The number of likely N-dealkylation sites (tertiary alicyclic amines) is 1. The van der Waals surface area contributed by atoms with Crippen LogP contribution in [0.2, 0.25) is 0 Å². The van der Waals surface area contributed by atoms with E-state index in [4.69, 9.17) is 0 Å². The molecule has 3 nitrogen and oxygen atoms in total. The van der Waals surface area contributed by atoms with Crippen LogP contribution in [-0.2, 0) is 0 Å². The zero-order valence-electron chi connectivity index (χ0n) is 10.1. The number of rotatable bonds is 3. The fourth-order valence-corrected chi connectivity index (χ4v) is 2.90. The van der Waals surface area contributed by atoms with Crippen molar-refractivity contribution in [2.45, 2.75) is 38.5 Å². The molecule has 1 saturated carbocycles. The van der Waals surface area contributed by atoms with Crippen LogP contribution < -0.4 is 0 Å². The molecule has 1 aliphatic carbocycles. The molecule has 2 aliphatic rings. The second kappa shape index (κ2) is 4.21. The molecule has 0 bridgehead atoms. The van der Waals surface area contributed by atoms with Crippen LogP contribution >= 0.6 is 0 Å². The van der Waals surface area contributed by atoms with Crippen molar-refractivity contribution in [3.8, 4) is 0 Å². The third kappa shape index (κ3) is 2.01. The van der Waals surface area contributed by atoms with Crippen LogP contribution in [0.4, 0.5) is 0 Å². The standard InChI is InChI=1S/C13H21N3/c1-10-7-14-13(15-10)12-5-6-16(9-12)8-11-3-2-4-11/h7,11-12H,2-6,8-9H2,1H3,(H,14,15). The van der Waals surface area contributed by atoms with E-state index in [0.29, 0.717) is 5.92 Å². The van der Waals surface area contributed by atoms with Crippen LogP contribution in [0.25, 0.3) is 0 Å². The van der Waals surface area contributed by atoms with Crippen molar-refractivity contribution in [3.63, 3.8) is 0 Å². The van der Waals surface area contributed by atoms with Gasteiger partial charge in [-0.3, -0.25) is 0 Å². The highest BCUT2D eigenvalue weighted by Gasteiger charge is 2.28. The van der Waals surface area contributed by atoms with Crippen molar-refractivity contribution in [2.75, 3.05) is 19.6 Å². The molecule has 0 spiro atoms. The number of nitrogens with one attached hydrogen (secondary N) is 1. The highest BCUT2D eigenvalue weighted by Crippen LogP contribution is 2.31. The molecule has 3 rings (SSSR count). The fourth-order valence-electron chi connectivity index (χ4n) is 2.90. The highest BCUT2D eigenvalue weighted by atomic mass is 15.2. The maximum absolute atomic E-state index is 4.46. The molecule has 88 valence electrons. The molecule has 1 atom stereocenters. The number of hydrogen-bond donors (Lipinski definition) is 1. The second-order valence-electron chi connectivity index (χ2n) is 5.49. The molecule has 16 heavy (non-hydrogen) atoms. The number of imidazole rings is 1. The summed E-state index contributed by atoms with van der Waals surface area (Å²) < 4.78 is 0. The van der Waals surface area contributed by atoms with Gasteiger partial charge in [0.15, 0.2) is 0 Å². The van der Waals surface area contributed by atoms with Gasteiger partial charge in [0.05, 0.1) is 0 Å². The quantitative estimate of drug-likeness (QED) is 0.846. The maximum atomic E-state index is 4.46. The van der Waals surface area contributed by atoms with E-state index in [1.54, 1.807) is 0 Å². The number of aromatic amines is 1. The minimum atomic E-state index is 0.647. The largest absolute Gasteiger partial charge is 0.346 e. The van der Waals surface area contributed by atoms with Gasteiger partial charge in [0.25, 0.3) is 0 Å². The average Bonchev–Trinajstić information content (AvgIpc) is 2.80. The summed E-state index contributed by atoms with van der Waals surface area (Å²) in [6, 6.07) is 0. The van der Waals surface area contributed by atoms with Crippen molar-refractivity contribution in [1.29, 1.82) is 0 Å². The molecule has 3 heteroatoms. The van der Waals surface area contributed by atoms with Gasteiger partial charge in [-0.2, -0.15) is 0 Å². The lowest BCUT2D eigenvalue weighted by Gasteiger charge is -2.29. The first-order valence-corrected chi connectivity index (χ1v) is 6.55. The molecular formula is C13H21N3. The first kappa shape index (κ1) is 10.3. The Morgan fingerprint density at radius 1 is 1.44 bits per heavy atom. The molecule has 1 unspecified atom stereocenters. The second-order valence-corrected chi connectivity index (χ2v) is 5.49. The number of hydrogen-bond acceptors (Lipinski definition) is 2. The minimum Gasteiger partial charge on any atom is -0.346 e. The van der Waals surface area contributed by atoms with Gasteiger partial charge in [0.1, 0.15) is 5.82 Å². The molecular weight excluding hydrogens is 198 g/mol. The van der Waals surface area contributed by atoms with Crippen LogP contribution in [0.5, 0.6) is 0 Å². The molecule has 1 saturated heterocycles. The third-order valence-corrected chi connectivity index (χ3v) is 4.12. The molecule has 0 aromatic carbocycles. The van der Waals surface area contributed by atoms with Gasteiger partial charge in [0.2, 0.25) is 0 Å². The highest BCUT2D eigenvalue weighted by molar-refractivity contribution is 5.06. The van der Waals surface area contributed by atoms with Gasteiger partial charge in [-0.05, 0) is 38.6 Å². The molecule has 0 amide bonds. The molecule has 1 aromatic heterocycles. The van der Waals surface area contributed by atoms with Crippen LogP contribution in [-0.4, -0.2) is 34.5 Å². The Labute approximate surface area is 97.3 Å². The third-order valence-electron chi connectivity index (χ3n) is 4.12. The lowest BCUT2D eigenvalue weighted by molar-refractivity contribution is 0.203. The van der Waals surface area contributed by atoms with Gasteiger partial charge in [0, 0.05) is 30.9 Å². The Morgan fingerprint density at radius 2 is 2.31 bits per heavy atom. The van der Waals surface area contributed by atoms with Crippen molar-refractivity contribution in [1.82, 2.24) is 14.9 Å². The van der Waals surface area contributed by atoms with Gasteiger partial charge in [-0.25, -0.2) is 4.98 Å². The summed E-state index contributed by atoms with van der Waals surface area (Å²) in [6.45, 7) is 5.89. The monoisotopic (exact) mass is 219 g/mol. The number of nitrogens with zero attached hydrogens (tertiary/aromatic N) is 2. The predicted octanol–water partition coefficient (Wildman–Crippen LogP) is 2.31. The first-order chi connectivity index (χ1) is 7.81. The van der Waals surface area contributed by atoms with E-state index in [1.807, 2.05) is 6.20 Å². The van der Waals surface area contributed by atoms with E-state index in [0.717, 1.165) is 5.92 Å². The SMILES string of the molecule is Cc1cnc(C2CCN(CC3CCC3)C2)[nH]1. The summed E-state index contributed by atoms with van der Waals surface area (Å²) in [5.74, 6) is 2.85. The summed E-state index contributed by atoms with van der Waals surface area (Å²) in [4.78, 5) is 10.5. The summed E-state index contributed by atoms with van der Waals surface area (Å²) in [7, 11) is 0. The molecule has 1 aliphatic heterocycles. The van der Waals surface area contributed by atoms with Crippen molar-refractivity contribution in [2.24, 2.45) is 5.92 Å². The van der Waals surface area contributed by atoms with E-state index < -0.39 is 0 Å². The smallest absolute Gasteiger partial charge is 0.110 e. The zero-order valence-corrected chi connectivity index (χ0v) is 10.1. The van der Waals surface area contributed by atoms with Gasteiger partial charge in [-0.1, -0.05) is 6.42 Å². The zero-order chi connectivity index (χ0) is 11.0. The molecule has 1 N–H and O–H groups in total. The number of H-pyrrole nitrogens is 1. The van der Waals surface area contributed by atoms with E-state index in [9.17, 15) is 0 Å². The summed E-state index contributed by atoms with van der Waals surface area (Å²) in [6.07, 6.45) is 7.60. The van der Waals surface area contributed by atoms with Crippen LogP contribution in [0.15, 0.2) is 6.20 Å². The van der Waals surface area contributed by atoms with E-state index >= 15 is 0 Å². The fraction of sp³-hybridized carbons (Fsp3) is 0.769. The van der Waals surface area contributed by atoms with E-state index in [-0.39, 0.29) is 0 Å². The molecule has 2 fully saturated rings. The minimum absolute atomic E-state index is 0.647. The number of aryl methyl sites for hydroxylation is 1. The number of aromatic nitrogens is 2. The van der Waals surface area contributed by atoms with Crippen molar-refractivity contribution >= 4 is 0 Å². The van der Waals surface area contributed by atoms with Crippen LogP contribution in [0.1, 0.15) is 43.1 Å². The lowest BCUT2D eigenvalue weighted by atomic mass is 9.85. The molecule has 2 heterocycles. The Bertz CT molecular complexity index is 354. The maximum Gasteiger partial charge on any atom is 0.110 e. The summed E-state index contributed by atoms with van der Waals surface area (Å²) in [5.41, 5.74) is 1.19. The Kier molecular flexibility index (Phi) is 2.72. The first-order valence-electron chi connectivity index (χ1n) is 6.55. The topological polar surface area (TPSA) is 31.9 Å². The van der Waals surface area contributed by atoms with Crippen molar-refractivity contribution in [3.05, 3.63) is 17.7 Å². The molecule has 1 aromatic rings. The Hall–Kier alpha value is -0.830. The Balaban J connectivity index is 1.55. The van der Waals surface area contributed by atoms with Gasteiger partial charge in [-0.15, -0.1) is 0 Å². The average molecular weight is 219 g/mol. The normalized spacial score (nSPS) is 27.2. The lowest BCUT2D eigenvalue weighted by Crippen LogP contribution is -2.30.